The van der Waals surface area contributed by atoms with Gasteiger partial charge in [-0.2, -0.15) is 0 Å². The second kappa shape index (κ2) is 12.3. The van der Waals surface area contributed by atoms with Gasteiger partial charge in [0.1, 0.15) is 4.49 Å². The van der Waals surface area contributed by atoms with Gasteiger partial charge in [0, 0.05) is 5.54 Å². The first-order chi connectivity index (χ1) is 4.68. The van der Waals surface area contributed by atoms with Gasteiger partial charge in [-0.3, -0.25) is 0 Å². The van der Waals surface area contributed by atoms with Crippen molar-refractivity contribution >= 4 is 34.8 Å². The van der Waals surface area contributed by atoms with E-state index in [1.807, 2.05) is 0 Å². The molecule has 0 aromatic carbocycles. The summed E-state index contributed by atoms with van der Waals surface area (Å²) in [4.78, 5) is 0. The van der Waals surface area contributed by atoms with E-state index in [-0.39, 0.29) is 4.49 Å². The lowest BCUT2D eigenvalue weighted by atomic mass is 10.3. The molecule has 0 spiro atoms. The first-order valence-electron chi connectivity index (χ1n) is 3.30. The average Bonchev–Trinajstić information content (AvgIpc) is 1.91. The van der Waals surface area contributed by atoms with Crippen LogP contribution in [0.15, 0.2) is 10.0 Å². The van der Waals surface area contributed by atoms with Gasteiger partial charge < -0.3 is 0 Å². The van der Waals surface area contributed by atoms with E-state index in [1.165, 1.54) is 19.3 Å². The third-order valence-electron chi connectivity index (χ3n) is 0.790. The fourth-order valence-electron chi connectivity index (χ4n) is 0.354. The van der Waals surface area contributed by atoms with E-state index in [2.05, 4.69) is 13.8 Å². The molecule has 3 heteroatoms. The number of halogens is 3. The minimum absolute atomic E-state index is 0.0895. The molecule has 0 aromatic rings. The van der Waals surface area contributed by atoms with Crippen LogP contribution in [0.1, 0.15) is 33.1 Å². The lowest BCUT2D eigenvalue weighted by molar-refractivity contribution is 0.772. The molecule has 10 heavy (non-hydrogen) atoms. The zero-order chi connectivity index (χ0) is 8.41. The SMILES string of the molecule is CCCCC.ClC=C(Cl)Cl. The van der Waals surface area contributed by atoms with Crippen molar-refractivity contribution in [1.82, 2.24) is 0 Å². The van der Waals surface area contributed by atoms with Crippen molar-refractivity contribution in [3.63, 3.8) is 0 Å². The number of rotatable bonds is 2. The Morgan fingerprint density at radius 2 is 1.50 bits per heavy atom. The smallest absolute Gasteiger partial charge is 0.0904 e. The molecule has 0 aliphatic carbocycles. The summed E-state index contributed by atoms with van der Waals surface area (Å²) in [5.41, 5.74) is 1.09. The van der Waals surface area contributed by atoms with Crippen molar-refractivity contribution in [3.8, 4) is 0 Å². The normalized spacial score (nSPS) is 7.70. The zero-order valence-corrected chi connectivity index (χ0v) is 8.60. The third kappa shape index (κ3) is 23.5. The van der Waals surface area contributed by atoms with E-state index < -0.39 is 0 Å². The molecule has 0 radical (unpaired) electrons. The van der Waals surface area contributed by atoms with Crippen LogP contribution in [0.25, 0.3) is 0 Å². The Kier molecular flexibility index (Phi) is 16.3. The topological polar surface area (TPSA) is 0 Å². The lowest BCUT2D eigenvalue weighted by Crippen LogP contribution is -1.59. The Morgan fingerprint density at radius 3 is 1.50 bits per heavy atom. The van der Waals surface area contributed by atoms with E-state index in [0.29, 0.717) is 0 Å². The van der Waals surface area contributed by atoms with Gasteiger partial charge >= 0.3 is 0 Å². The molecule has 0 saturated heterocycles. The standard InChI is InChI=1S/C5H12.C2HCl3/c1-3-5-4-2;3-1-2(4)5/h3-5H2,1-2H3;1H. The molecule has 0 N–H and O–H groups in total. The van der Waals surface area contributed by atoms with E-state index in [4.69, 9.17) is 34.8 Å². The van der Waals surface area contributed by atoms with E-state index in [0.717, 1.165) is 5.54 Å². The van der Waals surface area contributed by atoms with Crippen LogP contribution in [-0.2, 0) is 0 Å². The van der Waals surface area contributed by atoms with Crippen LogP contribution in [-0.4, -0.2) is 0 Å². The predicted octanol–water partition coefficient (Wildman–Crippen LogP) is 4.70. The average molecular weight is 204 g/mol. The molecule has 0 fully saturated rings. The van der Waals surface area contributed by atoms with Crippen LogP contribution < -0.4 is 0 Å². The van der Waals surface area contributed by atoms with Crippen molar-refractivity contribution in [2.45, 2.75) is 33.1 Å². The van der Waals surface area contributed by atoms with Crippen LogP contribution >= 0.6 is 34.8 Å². The van der Waals surface area contributed by atoms with Gasteiger partial charge in [0.15, 0.2) is 0 Å². The van der Waals surface area contributed by atoms with Crippen molar-refractivity contribution in [1.29, 1.82) is 0 Å². The van der Waals surface area contributed by atoms with Gasteiger partial charge in [0.25, 0.3) is 0 Å². The minimum atomic E-state index is 0.0895. The molecule has 0 nitrogen and oxygen atoms in total. The van der Waals surface area contributed by atoms with Gasteiger partial charge in [0.2, 0.25) is 0 Å². The van der Waals surface area contributed by atoms with Crippen molar-refractivity contribution in [3.05, 3.63) is 10.0 Å². The Labute approximate surface area is 78.2 Å². The minimum Gasteiger partial charge on any atom is -0.0904 e. The highest BCUT2D eigenvalue weighted by Gasteiger charge is 1.70. The molecule has 0 saturated carbocycles. The number of unbranched alkanes of at least 4 members (excludes halogenated alkanes) is 2. The quantitative estimate of drug-likeness (QED) is 0.610. The summed E-state index contributed by atoms with van der Waals surface area (Å²) in [7, 11) is 0. The molecule has 62 valence electrons. The zero-order valence-electron chi connectivity index (χ0n) is 6.33. The van der Waals surface area contributed by atoms with E-state index in [9.17, 15) is 0 Å². The molecule has 0 aromatic heterocycles. The summed E-state index contributed by atoms with van der Waals surface area (Å²) < 4.78 is 0.0895. The van der Waals surface area contributed by atoms with Crippen LogP contribution in [0.2, 0.25) is 0 Å². The predicted molar refractivity (Wildman–Crippen MR) is 50.8 cm³/mol. The Hall–Kier alpha value is 0.610. The molecule has 0 amide bonds. The molecular formula is C7H13Cl3. The number of hydrogen-bond donors (Lipinski definition) is 0. The fraction of sp³-hybridized carbons (Fsp3) is 0.714. The van der Waals surface area contributed by atoms with E-state index >= 15 is 0 Å². The highest BCUT2D eigenvalue weighted by atomic mass is 35.5. The largest absolute Gasteiger partial charge is 0.118 e. The maximum Gasteiger partial charge on any atom is 0.118 e. The van der Waals surface area contributed by atoms with Gasteiger partial charge in [0.05, 0.1) is 0 Å². The summed E-state index contributed by atoms with van der Waals surface area (Å²) in [6, 6.07) is 0. The van der Waals surface area contributed by atoms with E-state index in [1.54, 1.807) is 0 Å². The molecule has 0 aliphatic rings. The summed E-state index contributed by atoms with van der Waals surface area (Å²) in [5.74, 6) is 0. The van der Waals surface area contributed by atoms with Crippen LogP contribution in [0.3, 0.4) is 0 Å². The molecule has 0 atom stereocenters. The molecule has 0 aliphatic heterocycles. The highest BCUT2D eigenvalue weighted by Crippen LogP contribution is 2.05. The first kappa shape index (κ1) is 13.2. The maximum absolute atomic E-state index is 4.96. The summed E-state index contributed by atoms with van der Waals surface area (Å²) in [6.45, 7) is 4.42. The molecule has 0 heterocycles. The third-order valence-corrected chi connectivity index (χ3v) is 1.45. The Balaban J connectivity index is 0. The van der Waals surface area contributed by atoms with Crippen molar-refractivity contribution in [2.24, 2.45) is 0 Å². The number of hydrogen-bond acceptors (Lipinski definition) is 0. The lowest BCUT2D eigenvalue weighted by Gasteiger charge is -1.79. The van der Waals surface area contributed by atoms with Crippen LogP contribution in [0.5, 0.6) is 0 Å². The van der Waals surface area contributed by atoms with Gasteiger partial charge in [-0.05, 0) is 0 Å². The van der Waals surface area contributed by atoms with Crippen molar-refractivity contribution in [2.75, 3.05) is 0 Å². The Morgan fingerprint density at radius 1 is 1.20 bits per heavy atom. The van der Waals surface area contributed by atoms with Gasteiger partial charge in [-0.25, -0.2) is 0 Å². The summed E-state index contributed by atoms with van der Waals surface area (Å²) in [6.07, 6.45) is 4.08. The van der Waals surface area contributed by atoms with Crippen molar-refractivity contribution < 1.29 is 0 Å². The second-order valence-corrected chi connectivity index (χ2v) is 2.98. The second-order valence-electron chi connectivity index (χ2n) is 1.75. The monoisotopic (exact) mass is 202 g/mol. The molecule has 0 bridgehead atoms. The maximum atomic E-state index is 4.96. The van der Waals surface area contributed by atoms with Crippen LogP contribution in [0, 0.1) is 0 Å². The summed E-state index contributed by atoms with van der Waals surface area (Å²) in [5, 5.41) is 0. The fourth-order valence-corrected chi connectivity index (χ4v) is 0.354. The molecule has 0 unspecified atom stereocenters. The first-order valence-corrected chi connectivity index (χ1v) is 4.49. The Bertz CT molecular complexity index is 72.9. The highest BCUT2D eigenvalue weighted by molar-refractivity contribution is 6.58. The van der Waals surface area contributed by atoms with Crippen LogP contribution in [0.4, 0.5) is 0 Å². The summed E-state index contributed by atoms with van der Waals surface area (Å²) >= 11 is 14.8. The molecule has 0 rings (SSSR count). The van der Waals surface area contributed by atoms with Gasteiger partial charge in [-0.1, -0.05) is 67.9 Å². The molecular weight excluding hydrogens is 190 g/mol. The van der Waals surface area contributed by atoms with Gasteiger partial charge in [-0.15, -0.1) is 0 Å².